The highest BCUT2D eigenvalue weighted by Crippen LogP contribution is 2.47. The Morgan fingerprint density at radius 2 is 1.81 bits per heavy atom. The maximum Gasteiger partial charge on any atom is 0.243 e. The Balaban J connectivity index is 1.32. The molecule has 0 unspecified atom stereocenters. The standard InChI is InChI=1S/C25H24Cl2N2O2/c1-25(2,3)17-7-4-15(5-8-17)19-13-20(19)24(30)29-28-14-18-9-11-23(31-18)16-6-10-21(26)22(27)12-16/h4-12,14,19-20H,13H2,1-3H3,(H,29,30)/b28-14+/t19-,20+/m0/s1. The van der Waals surface area contributed by atoms with Crippen LogP contribution in [0.1, 0.15) is 50.0 Å². The third-order valence-corrected chi connectivity index (χ3v) is 6.27. The smallest absolute Gasteiger partial charge is 0.243 e. The Bertz CT molecular complexity index is 1130. The lowest BCUT2D eigenvalue weighted by Gasteiger charge is -2.19. The lowest BCUT2D eigenvalue weighted by molar-refractivity contribution is -0.122. The number of hydrogen-bond donors (Lipinski definition) is 1. The molecular formula is C25H24Cl2N2O2. The molecule has 4 rings (SSSR count). The average molecular weight is 455 g/mol. The van der Waals surface area contributed by atoms with Gasteiger partial charge in [-0.05, 0) is 59.2 Å². The van der Waals surface area contributed by atoms with Crippen LogP contribution in [0.2, 0.25) is 10.0 Å². The molecule has 0 spiro atoms. The Hall–Kier alpha value is -2.56. The minimum atomic E-state index is -0.0718. The van der Waals surface area contributed by atoms with Crippen LogP contribution in [0.15, 0.2) is 64.1 Å². The SMILES string of the molecule is CC(C)(C)c1ccc([C@@H]2C[C@H]2C(=O)N/N=C/c2ccc(-c3ccc(Cl)c(Cl)c3)o2)cc1. The summed E-state index contributed by atoms with van der Waals surface area (Å²) in [6, 6.07) is 17.5. The van der Waals surface area contributed by atoms with Crippen LogP contribution >= 0.6 is 23.2 Å². The third-order valence-electron chi connectivity index (χ3n) is 5.53. The highest BCUT2D eigenvalue weighted by atomic mass is 35.5. The monoisotopic (exact) mass is 454 g/mol. The number of hydrazone groups is 1. The quantitative estimate of drug-likeness (QED) is 0.340. The molecule has 4 nitrogen and oxygen atoms in total. The van der Waals surface area contributed by atoms with Gasteiger partial charge in [0.15, 0.2) is 0 Å². The normalized spacial score (nSPS) is 18.4. The van der Waals surface area contributed by atoms with Crippen molar-refractivity contribution < 1.29 is 9.21 Å². The maximum absolute atomic E-state index is 12.4. The fourth-order valence-electron chi connectivity index (χ4n) is 3.55. The minimum Gasteiger partial charge on any atom is -0.455 e. The van der Waals surface area contributed by atoms with Gasteiger partial charge in [-0.25, -0.2) is 5.43 Å². The first-order valence-electron chi connectivity index (χ1n) is 10.2. The summed E-state index contributed by atoms with van der Waals surface area (Å²) in [5.74, 6) is 1.33. The Labute approximate surface area is 192 Å². The van der Waals surface area contributed by atoms with Crippen molar-refractivity contribution >= 4 is 35.3 Å². The highest BCUT2D eigenvalue weighted by Gasteiger charge is 2.44. The van der Waals surface area contributed by atoms with E-state index < -0.39 is 0 Å². The van der Waals surface area contributed by atoms with E-state index in [0.717, 1.165) is 12.0 Å². The number of nitrogens with one attached hydrogen (secondary N) is 1. The summed E-state index contributed by atoms with van der Waals surface area (Å²) in [6.07, 6.45) is 2.34. The summed E-state index contributed by atoms with van der Waals surface area (Å²) >= 11 is 12.0. The van der Waals surface area contributed by atoms with Gasteiger partial charge in [-0.3, -0.25) is 4.79 Å². The predicted octanol–water partition coefficient (Wildman–Crippen LogP) is 6.80. The lowest BCUT2D eigenvalue weighted by Crippen LogP contribution is -2.20. The average Bonchev–Trinajstić information content (AvgIpc) is 3.40. The first-order chi connectivity index (χ1) is 14.7. The number of carbonyl (C=O) groups is 1. The topological polar surface area (TPSA) is 54.6 Å². The van der Waals surface area contributed by atoms with E-state index >= 15 is 0 Å². The molecule has 1 heterocycles. The van der Waals surface area contributed by atoms with Gasteiger partial charge in [0.05, 0.1) is 16.3 Å². The molecule has 2 atom stereocenters. The molecule has 1 N–H and O–H groups in total. The van der Waals surface area contributed by atoms with Crippen LogP contribution in [0.25, 0.3) is 11.3 Å². The predicted molar refractivity (Wildman–Crippen MR) is 126 cm³/mol. The Kier molecular flexibility index (Phi) is 5.96. The van der Waals surface area contributed by atoms with Crippen LogP contribution in [0, 0.1) is 5.92 Å². The van der Waals surface area contributed by atoms with Gasteiger partial charge in [0, 0.05) is 11.5 Å². The summed E-state index contributed by atoms with van der Waals surface area (Å²) in [6.45, 7) is 6.58. The van der Waals surface area contributed by atoms with Gasteiger partial charge in [0.25, 0.3) is 0 Å². The third kappa shape index (κ3) is 5.03. The molecule has 0 saturated heterocycles. The van der Waals surface area contributed by atoms with E-state index in [0.29, 0.717) is 21.6 Å². The van der Waals surface area contributed by atoms with Crippen molar-refractivity contribution in [1.82, 2.24) is 5.43 Å². The van der Waals surface area contributed by atoms with Crippen LogP contribution in [0.5, 0.6) is 0 Å². The van der Waals surface area contributed by atoms with E-state index in [2.05, 4.69) is 55.6 Å². The molecule has 3 aromatic rings. The molecule has 1 fully saturated rings. The van der Waals surface area contributed by atoms with Crippen LogP contribution in [-0.4, -0.2) is 12.1 Å². The second-order valence-corrected chi connectivity index (χ2v) is 9.70. The molecule has 1 saturated carbocycles. The van der Waals surface area contributed by atoms with E-state index in [4.69, 9.17) is 27.6 Å². The summed E-state index contributed by atoms with van der Waals surface area (Å²) in [4.78, 5) is 12.4. The zero-order valence-corrected chi connectivity index (χ0v) is 19.2. The number of nitrogens with zero attached hydrogens (tertiary/aromatic N) is 1. The highest BCUT2D eigenvalue weighted by molar-refractivity contribution is 6.42. The van der Waals surface area contributed by atoms with Crippen molar-refractivity contribution in [3.05, 3.63) is 81.5 Å². The van der Waals surface area contributed by atoms with Gasteiger partial charge < -0.3 is 4.42 Å². The fourth-order valence-corrected chi connectivity index (χ4v) is 3.85. The van der Waals surface area contributed by atoms with Crippen molar-refractivity contribution in [2.75, 3.05) is 0 Å². The molecule has 0 radical (unpaired) electrons. The number of carbonyl (C=O) groups excluding carboxylic acids is 1. The number of amides is 1. The zero-order chi connectivity index (χ0) is 22.2. The molecule has 1 aliphatic carbocycles. The van der Waals surface area contributed by atoms with E-state index in [1.807, 2.05) is 12.1 Å². The molecular weight excluding hydrogens is 431 g/mol. The number of halogens is 2. The van der Waals surface area contributed by atoms with Crippen LogP contribution in [0.3, 0.4) is 0 Å². The van der Waals surface area contributed by atoms with Crippen LogP contribution in [-0.2, 0) is 10.2 Å². The first kappa shape index (κ1) is 21.7. The van der Waals surface area contributed by atoms with E-state index in [1.165, 1.54) is 17.3 Å². The number of hydrogen-bond acceptors (Lipinski definition) is 3. The van der Waals surface area contributed by atoms with Crippen molar-refractivity contribution in [2.45, 2.75) is 38.5 Å². The molecule has 1 aromatic heterocycles. The largest absolute Gasteiger partial charge is 0.455 e. The Morgan fingerprint density at radius 3 is 2.48 bits per heavy atom. The van der Waals surface area contributed by atoms with Gasteiger partial charge in [-0.2, -0.15) is 5.10 Å². The molecule has 6 heteroatoms. The molecule has 160 valence electrons. The van der Waals surface area contributed by atoms with E-state index in [1.54, 1.807) is 18.2 Å². The molecule has 1 aliphatic rings. The van der Waals surface area contributed by atoms with Gasteiger partial charge >= 0.3 is 0 Å². The zero-order valence-electron chi connectivity index (χ0n) is 17.7. The van der Waals surface area contributed by atoms with Crippen molar-refractivity contribution in [2.24, 2.45) is 11.0 Å². The number of rotatable bonds is 5. The molecule has 0 bridgehead atoms. The first-order valence-corrected chi connectivity index (χ1v) is 11.0. The minimum absolute atomic E-state index is 0.0407. The van der Waals surface area contributed by atoms with Gasteiger partial charge in [0.1, 0.15) is 11.5 Å². The number of furan rings is 1. The van der Waals surface area contributed by atoms with Crippen molar-refractivity contribution in [3.63, 3.8) is 0 Å². The second-order valence-electron chi connectivity index (χ2n) is 8.89. The molecule has 1 amide bonds. The molecule has 0 aliphatic heterocycles. The lowest BCUT2D eigenvalue weighted by atomic mass is 9.86. The van der Waals surface area contributed by atoms with Gasteiger partial charge in [-0.1, -0.05) is 68.2 Å². The van der Waals surface area contributed by atoms with E-state index in [-0.39, 0.29) is 23.2 Å². The van der Waals surface area contributed by atoms with Crippen LogP contribution in [0.4, 0.5) is 0 Å². The van der Waals surface area contributed by atoms with Gasteiger partial charge in [0.2, 0.25) is 5.91 Å². The molecule has 31 heavy (non-hydrogen) atoms. The van der Waals surface area contributed by atoms with E-state index in [9.17, 15) is 4.79 Å². The Morgan fingerprint density at radius 1 is 1.06 bits per heavy atom. The number of benzene rings is 2. The van der Waals surface area contributed by atoms with Crippen molar-refractivity contribution in [3.8, 4) is 11.3 Å². The fraction of sp³-hybridized carbons (Fsp3) is 0.280. The second kappa shape index (κ2) is 8.52. The summed E-state index contributed by atoms with van der Waals surface area (Å²) in [7, 11) is 0. The molecule has 2 aromatic carbocycles. The maximum atomic E-state index is 12.4. The van der Waals surface area contributed by atoms with Crippen LogP contribution < -0.4 is 5.43 Å². The van der Waals surface area contributed by atoms with Gasteiger partial charge in [-0.15, -0.1) is 0 Å². The van der Waals surface area contributed by atoms with Crippen molar-refractivity contribution in [1.29, 1.82) is 0 Å². The summed E-state index contributed by atoms with van der Waals surface area (Å²) in [5, 5.41) is 5.00. The summed E-state index contributed by atoms with van der Waals surface area (Å²) in [5.41, 5.74) is 6.06. The summed E-state index contributed by atoms with van der Waals surface area (Å²) < 4.78 is 5.75.